The molecule has 1 atom stereocenters. The van der Waals surface area contributed by atoms with E-state index in [1.165, 1.54) is 19.3 Å². The van der Waals surface area contributed by atoms with E-state index in [-0.39, 0.29) is 12.5 Å². The number of aliphatic carboxylic acids is 1. The molecule has 1 unspecified atom stereocenters. The van der Waals surface area contributed by atoms with Crippen LogP contribution in [0.15, 0.2) is 0 Å². The Morgan fingerprint density at radius 1 is 1.39 bits per heavy atom. The molecule has 0 aliphatic heterocycles. The van der Waals surface area contributed by atoms with Gasteiger partial charge in [0.15, 0.2) is 0 Å². The lowest BCUT2D eigenvalue weighted by Crippen LogP contribution is -2.37. The first-order chi connectivity index (χ1) is 8.54. The second-order valence-corrected chi connectivity index (χ2v) is 6.16. The third kappa shape index (κ3) is 3.98. The Hall–Kier alpha value is -0.570. The van der Waals surface area contributed by atoms with Crippen molar-refractivity contribution >= 4 is 5.97 Å². The van der Waals surface area contributed by atoms with E-state index in [2.05, 4.69) is 6.92 Å². The maximum Gasteiger partial charge on any atom is 0.309 e. The summed E-state index contributed by atoms with van der Waals surface area (Å²) in [4.78, 5) is 11.6. The minimum absolute atomic E-state index is 0.0910. The van der Waals surface area contributed by atoms with Gasteiger partial charge in [-0.05, 0) is 43.9 Å². The van der Waals surface area contributed by atoms with Crippen LogP contribution in [-0.4, -0.2) is 22.8 Å². The summed E-state index contributed by atoms with van der Waals surface area (Å²) in [5, 5.41) is 18.7. The molecule has 0 radical (unpaired) electrons. The van der Waals surface area contributed by atoms with Crippen LogP contribution in [0.1, 0.15) is 65.2 Å². The molecule has 0 amide bonds. The highest BCUT2D eigenvalue weighted by molar-refractivity contribution is 5.74. The van der Waals surface area contributed by atoms with Crippen LogP contribution in [0.3, 0.4) is 0 Å². The normalized spacial score (nSPS) is 30.1. The first kappa shape index (κ1) is 15.5. The van der Waals surface area contributed by atoms with Crippen molar-refractivity contribution in [1.29, 1.82) is 0 Å². The van der Waals surface area contributed by atoms with Crippen molar-refractivity contribution in [2.75, 3.05) is 6.61 Å². The quantitative estimate of drug-likeness (QED) is 0.733. The van der Waals surface area contributed by atoms with Crippen molar-refractivity contribution in [2.24, 2.45) is 17.3 Å². The molecule has 0 bridgehead atoms. The molecule has 0 aromatic rings. The highest BCUT2D eigenvalue weighted by atomic mass is 16.4. The molecule has 3 nitrogen and oxygen atoms in total. The van der Waals surface area contributed by atoms with E-state index in [0.29, 0.717) is 6.42 Å². The van der Waals surface area contributed by atoms with Crippen molar-refractivity contribution in [3.63, 3.8) is 0 Å². The predicted molar refractivity (Wildman–Crippen MR) is 72.4 cm³/mol. The molecule has 106 valence electrons. The van der Waals surface area contributed by atoms with E-state index in [4.69, 9.17) is 5.11 Å². The number of carboxylic acid groups (broad SMARTS) is 1. The third-order valence-electron chi connectivity index (χ3n) is 4.53. The zero-order valence-corrected chi connectivity index (χ0v) is 11.8. The van der Waals surface area contributed by atoms with Crippen molar-refractivity contribution in [3.05, 3.63) is 0 Å². The van der Waals surface area contributed by atoms with Crippen molar-refractivity contribution in [1.82, 2.24) is 0 Å². The molecule has 1 fully saturated rings. The smallest absolute Gasteiger partial charge is 0.309 e. The van der Waals surface area contributed by atoms with Gasteiger partial charge in [0, 0.05) is 6.61 Å². The summed E-state index contributed by atoms with van der Waals surface area (Å²) in [6.45, 7) is 4.23. The highest BCUT2D eigenvalue weighted by Crippen LogP contribution is 2.44. The van der Waals surface area contributed by atoms with Gasteiger partial charge in [-0.3, -0.25) is 4.79 Å². The monoisotopic (exact) mass is 256 g/mol. The van der Waals surface area contributed by atoms with E-state index < -0.39 is 11.4 Å². The number of aliphatic hydroxyl groups is 1. The number of hydrogen-bond acceptors (Lipinski definition) is 2. The summed E-state index contributed by atoms with van der Waals surface area (Å²) in [6.07, 6.45) is 8.04. The average molecular weight is 256 g/mol. The Labute approximate surface area is 111 Å². The molecular formula is C15H28O3. The SMILES string of the molecule is CCCCC1CCC(CC(C)CO)(C(=O)O)CC1. The van der Waals surface area contributed by atoms with Crippen molar-refractivity contribution in [2.45, 2.75) is 65.2 Å². The number of carbonyl (C=O) groups is 1. The Morgan fingerprint density at radius 3 is 2.44 bits per heavy atom. The Balaban J connectivity index is 2.54. The van der Waals surface area contributed by atoms with Gasteiger partial charge in [-0.2, -0.15) is 0 Å². The minimum Gasteiger partial charge on any atom is -0.481 e. The first-order valence-electron chi connectivity index (χ1n) is 7.38. The summed E-state index contributed by atoms with van der Waals surface area (Å²) < 4.78 is 0. The molecule has 1 rings (SSSR count). The summed E-state index contributed by atoms with van der Waals surface area (Å²) >= 11 is 0. The van der Waals surface area contributed by atoms with E-state index in [0.717, 1.165) is 31.6 Å². The maximum atomic E-state index is 11.6. The molecule has 0 aromatic heterocycles. The Bertz CT molecular complexity index is 254. The fraction of sp³-hybridized carbons (Fsp3) is 0.933. The van der Waals surface area contributed by atoms with E-state index in [9.17, 15) is 9.90 Å². The molecule has 2 N–H and O–H groups in total. The van der Waals surface area contributed by atoms with Crippen LogP contribution in [0.25, 0.3) is 0 Å². The zero-order valence-electron chi connectivity index (χ0n) is 11.8. The van der Waals surface area contributed by atoms with E-state index >= 15 is 0 Å². The lowest BCUT2D eigenvalue weighted by Gasteiger charge is -2.38. The second kappa shape index (κ2) is 7.13. The lowest BCUT2D eigenvalue weighted by molar-refractivity contribution is -0.153. The van der Waals surface area contributed by atoms with Crippen LogP contribution >= 0.6 is 0 Å². The van der Waals surface area contributed by atoms with Crippen molar-refractivity contribution < 1.29 is 15.0 Å². The van der Waals surface area contributed by atoms with Gasteiger partial charge in [-0.1, -0.05) is 33.1 Å². The van der Waals surface area contributed by atoms with Crippen molar-refractivity contribution in [3.8, 4) is 0 Å². The van der Waals surface area contributed by atoms with Gasteiger partial charge in [-0.15, -0.1) is 0 Å². The fourth-order valence-electron chi connectivity index (χ4n) is 3.25. The molecule has 1 saturated carbocycles. The van der Waals surface area contributed by atoms with Crippen LogP contribution < -0.4 is 0 Å². The van der Waals surface area contributed by atoms with Gasteiger partial charge < -0.3 is 10.2 Å². The Morgan fingerprint density at radius 2 is 2.00 bits per heavy atom. The second-order valence-electron chi connectivity index (χ2n) is 6.16. The predicted octanol–water partition coefficient (Wildman–Crippen LogP) is 3.46. The molecule has 0 saturated heterocycles. The summed E-state index contributed by atoms with van der Waals surface area (Å²) in [6, 6.07) is 0. The zero-order chi connectivity index (χ0) is 13.6. The van der Waals surface area contributed by atoms with Gasteiger partial charge in [0.1, 0.15) is 0 Å². The summed E-state index contributed by atoms with van der Waals surface area (Å²) in [5.41, 5.74) is -0.565. The average Bonchev–Trinajstić information content (AvgIpc) is 2.37. The largest absolute Gasteiger partial charge is 0.481 e. The number of aliphatic hydroxyl groups excluding tert-OH is 1. The van der Waals surface area contributed by atoms with Crippen LogP contribution in [0.5, 0.6) is 0 Å². The molecule has 1 aliphatic carbocycles. The van der Waals surface area contributed by atoms with Gasteiger partial charge in [-0.25, -0.2) is 0 Å². The van der Waals surface area contributed by atoms with Crippen LogP contribution in [0, 0.1) is 17.3 Å². The fourth-order valence-corrected chi connectivity index (χ4v) is 3.25. The van der Waals surface area contributed by atoms with Crippen LogP contribution in [0.4, 0.5) is 0 Å². The third-order valence-corrected chi connectivity index (χ3v) is 4.53. The molecule has 0 aromatic carbocycles. The number of rotatable bonds is 7. The molecule has 1 aliphatic rings. The molecule has 3 heteroatoms. The lowest BCUT2D eigenvalue weighted by atomic mass is 9.66. The van der Waals surface area contributed by atoms with Gasteiger partial charge in [0.05, 0.1) is 5.41 Å². The molecule has 0 spiro atoms. The highest BCUT2D eigenvalue weighted by Gasteiger charge is 2.42. The van der Waals surface area contributed by atoms with Gasteiger partial charge in [0.2, 0.25) is 0 Å². The van der Waals surface area contributed by atoms with Gasteiger partial charge >= 0.3 is 5.97 Å². The van der Waals surface area contributed by atoms with Crippen LogP contribution in [0.2, 0.25) is 0 Å². The molecule has 0 heterocycles. The summed E-state index contributed by atoms with van der Waals surface area (Å²) in [7, 11) is 0. The number of hydrogen-bond donors (Lipinski definition) is 2. The Kier molecular flexibility index (Phi) is 6.13. The molecular weight excluding hydrogens is 228 g/mol. The van der Waals surface area contributed by atoms with Crippen LogP contribution in [-0.2, 0) is 4.79 Å². The number of carboxylic acids is 1. The summed E-state index contributed by atoms with van der Waals surface area (Å²) in [5.74, 6) is 0.159. The number of unbranched alkanes of at least 4 members (excludes halogenated alkanes) is 1. The van der Waals surface area contributed by atoms with E-state index in [1.807, 2.05) is 6.92 Å². The van der Waals surface area contributed by atoms with E-state index in [1.54, 1.807) is 0 Å². The van der Waals surface area contributed by atoms with Gasteiger partial charge in [0.25, 0.3) is 0 Å². The first-order valence-corrected chi connectivity index (χ1v) is 7.38. The topological polar surface area (TPSA) is 57.5 Å². The standard InChI is InChI=1S/C15H28O3/c1-3-4-5-13-6-8-15(9-7-13,14(17)18)10-12(2)11-16/h12-13,16H,3-11H2,1-2H3,(H,17,18). The maximum absolute atomic E-state index is 11.6. The minimum atomic E-state index is -0.656. The molecule has 18 heavy (non-hydrogen) atoms.